The first-order valence-electron chi connectivity index (χ1n) is 8.17. The average Bonchev–Trinajstić information content (AvgIpc) is 3.24. The molecule has 22 heavy (non-hydrogen) atoms. The van der Waals surface area contributed by atoms with Crippen LogP contribution in [0.1, 0.15) is 74.3 Å². The zero-order chi connectivity index (χ0) is 16.1. The predicted octanol–water partition coefficient (Wildman–Crippen LogP) is 2.54. The maximum Gasteiger partial charge on any atom is 0.326 e. The first kappa shape index (κ1) is 16.5. The molecule has 0 aliphatic heterocycles. The Morgan fingerprint density at radius 2 is 2.14 bits per heavy atom. The number of rotatable bonds is 9. The van der Waals surface area contributed by atoms with Crippen molar-refractivity contribution in [2.45, 2.75) is 70.9 Å². The molecule has 0 saturated heterocycles. The Bertz CT molecular complexity index is 535. The Morgan fingerprint density at radius 1 is 1.41 bits per heavy atom. The molecule has 0 bridgehead atoms. The summed E-state index contributed by atoms with van der Waals surface area (Å²) in [7, 11) is 0. The lowest BCUT2D eigenvalue weighted by Crippen LogP contribution is -2.41. The number of hydrogen-bond acceptors (Lipinski definition) is 3. The minimum atomic E-state index is -0.976. The van der Waals surface area contributed by atoms with Crippen LogP contribution in [0.4, 0.5) is 0 Å². The van der Waals surface area contributed by atoms with E-state index in [0.717, 1.165) is 44.3 Å². The third-order valence-corrected chi connectivity index (χ3v) is 3.97. The molecule has 0 unspecified atom stereocenters. The van der Waals surface area contributed by atoms with Gasteiger partial charge in [-0.2, -0.15) is 5.10 Å². The normalized spacial score (nSPS) is 15.5. The van der Waals surface area contributed by atoms with Gasteiger partial charge in [-0.15, -0.1) is 0 Å². The fraction of sp³-hybridized carbons (Fsp3) is 0.688. The monoisotopic (exact) mass is 307 g/mol. The number of carboxylic acids is 1. The van der Waals surface area contributed by atoms with Crippen LogP contribution < -0.4 is 5.32 Å². The molecule has 1 aliphatic rings. The van der Waals surface area contributed by atoms with Gasteiger partial charge in [-0.1, -0.05) is 26.7 Å². The number of amides is 1. The van der Waals surface area contributed by atoms with Gasteiger partial charge in [0.25, 0.3) is 5.91 Å². The number of nitrogens with zero attached hydrogens (tertiary/aromatic N) is 2. The number of aryl methyl sites for hydroxylation is 1. The van der Waals surface area contributed by atoms with Crippen molar-refractivity contribution in [1.29, 1.82) is 0 Å². The summed E-state index contributed by atoms with van der Waals surface area (Å²) in [6, 6.07) is -0.825. The second-order valence-electron chi connectivity index (χ2n) is 5.95. The van der Waals surface area contributed by atoms with E-state index in [-0.39, 0.29) is 5.91 Å². The van der Waals surface area contributed by atoms with Crippen molar-refractivity contribution < 1.29 is 14.7 Å². The van der Waals surface area contributed by atoms with E-state index in [1.807, 2.05) is 11.6 Å². The van der Waals surface area contributed by atoms with Crippen molar-refractivity contribution in [2.75, 3.05) is 0 Å². The van der Waals surface area contributed by atoms with E-state index in [2.05, 4.69) is 17.3 Å². The van der Waals surface area contributed by atoms with Gasteiger partial charge < -0.3 is 10.4 Å². The quantitative estimate of drug-likeness (QED) is 0.734. The zero-order valence-corrected chi connectivity index (χ0v) is 13.3. The first-order valence-corrected chi connectivity index (χ1v) is 8.17. The smallest absolute Gasteiger partial charge is 0.326 e. The minimum absolute atomic E-state index is 0.312. The fourth-order valence-electron chi connectivity index (χ4n) is 2.65. The molecule has 1 aromatic heterocycles. The molecule has 122 valence electrons. The van der Waals surface area contributed by atoms with Crippen molar-refractivity contribution in [3.05, 3.63) is 17.5 Å². The highest BCUT2D eigenvalue weighted by Gasteiger charge is 2.33. The highest BCUT2D eigenvalue weighted by atomic mass is 16.4. The van der Waals surface area contributed by atoms with Gasteiger partial charge >= 0.3 is 5.97 Å². The Hall–Kier alpha value is -1.85. The zero-order valence-electron chi connectivity index (χ0n) is 13.3. The van der Waals surface area contributed by atoms with Crippen LogP contribution in [-0.4, -0.2) is 32.8 Å². The van der Waals surface area contributed by atoms with Crippen LogP contribution >= 0.6 is 0 Å². The SMILES string of the molecule is CCCC[C@H](NC(=O)c1cnn(CCC)c1C1CC1)C(=O)O. The molecule has 1 saturated carbocycles. The lowest BCUT2D eigenvalue weighted by atomic mass is 10.1. The number of unbranched alkanes of at least 4 members (excludes halogenated alkanes) is 1. The summed E-state index contributed by atoms with van der Waals surface area (Å²) in [4.78, 5) is 23.7. The topological polar surface area (TPSA) is 84.2 Å². The molecule has 1 atom stereocenters. The van der Waals surface area contributed by atoms with Crippen LogP contribution in [0.15, 0.2) is 6.20 Å². The molecule has 1 aromatic rings. The van der Waals surface area contributed by atoms with Gasteiger partial charge in [0.2, 0.25) is 0 Å². The van der Waals surface area contributed by atoms with Gasteiger partial charge in [0.05, 0.1) is 17.5 Å². The number of aliphatic carboxylic acids is 1. The number of carboxylic acid groups (broad SMARTS) is 1. The molecule has 2 rings (SSSR count). The molecule has 1 aliphatic carbocycles. The van der Waals surface area contributed by atoms with E-state index in [1.54, 1.807) is 6.20 Å². The van der Waals surface area contributed by atoms with Crippen LogP contribution in [-0.2, 0) is 11.3 Å². The van der Waals surface area contributed by atoms with Crippen LogP contribution in [0, 0.1) is 0 Å². The standard InChI is InChI=1S/C16H25N3O3/c1-3-5-6-13(16(21)22)18-15(20)12-10-17-19(9-4-2)14(12)11-7-8-11/h10-11,13H,3-9H2,1-2H3,(H,18,20)(H,21,22)/t13-/m0/s1. The summed E-state index contributed by atoms with van der Waals surface area (Å²) >= 11 is 0. The Labute approximate surface area is 130 Å². The van der Waals surface area contributed by atoms with Gasteiger partial charge in [-0.05, 0) is 25.7 Å². The molecule has 0 aromatic carbocycles. The van der Waals surface area contributed by atoms with Crippen molar-refractivity contribution in [3.63, 3.8) is 0 Å². The molecule has 6 heteroatoms. The summed E-state index contributed by atoms with van der Waals surface area (Å²) in [5, 5.41) is 16.2. The van der Waals surface area contributed by atoms with Gasteiger partial charge in [-0.25, -0.2) is 4.79 Å². The fourth-order valence-corrected chi connectivity index (χ4v) is 2.65. The predicted molar refractivity (Wildman–Crippen MR) is 82.9 cm³/mol. The highest BCUT2D eigenvalue weighted by Crippen LogP contribution is 2.41. The van der Waals surface area contributed by atoms with Gasteiger partial charge in [0, 0.05) is 12.5 Å². The summed E-state index contributed by atoms with van der Waals surface area (Å²) < 4.78 is 1.90. The van der Waals surface area contributed by atoms with Crippen molar-refractivity contribution >= 4 is 11.9 Å². The van der Waals surface area contributed by atoms with Gasteiger partial charge in [0.15, 0.2) is 0 Å². The number of carbonyl (C=O) groups is 2. The molecular formula is C16H25N3O3. The third-order valence-electron chi connectivity index (χ3n) is 3.97. The highest BCUT2D eigenvalue weighted by molar-refractivity contribution is 5.97. The number of carbonyl (C=O) groups excluding carboxylic acids is 1. The molecule has 6 nitrogen and oxygen atoms in total. The Kier molecular flexibility index (Phi) is 5.57. The number of aromatic nitrogens is 2. The van der Waals surface area contributed by atoms with Crippen LogP contribution in [0.2, 0.25) is 0 Å². The maximum absolute atomic E-state index is 12.5. The van der Waals surface area contributed by atoms with E-state index >= 15 is 0 Å². The number of hydrogen-bond donors (Lipinski definition) is 2. The molecule has 0 spiro atoms. The van der Waals surface area contributed by atoms with Crippen molar-refractivity contribution in [3.8, 4) is 0 Å². The Morgan fingerprint density at radius 3 is 2.68 bits per heavy atom. The molecule has 2 N–H and O–H groups in total. The lowest BCUT2D eigenvalue weighted by molar-refractivity contribution is -0.139. The van der Waals surface area contributed by atoms with Crippen LogP contribution in [0.5, 0.6) is 0 Å². The largest absolute Gasteiger partial charge is 0.480 e. The summed E-state index contributed by atoms with van der Waals surface area (Å²) in [6.07, 6.45) is 6.83. The molecule has 0 radical (unpaired) electrons. The summed E-state index contributed by atoms with van der Waals surface area (Å²) in [5.41, 5.74) is 1.51. The summed E-state index contributed by atoms with van der Waals surface area (Å²) in [6.45, 7) is 4.86. The Balaban J connectivity index is 2.13. The lowest BCUT2D eigenvalue weighted by Gasteiger charge is -2.14. The molecule has 1 fully saturated rings. The average molecular weight is 307 g/mol. The second-order valence-corrected chi connectivity index (χ2v) is 5.95. The number of nitrogens with one attached hydrogen (secondary N) is 1. The van der Waals surface area contributed by atoms with Crippen LogP contribution in [0.3, 0.4) is 0 Å². The van der Waals surface area contributed by atoms with E-state index in [9.17, 15) is 14.7 Å². The van der Waals surface area contributed by atoms with Crippen LogP contribution in [0.25, 0.3) is 0 Å². The van der Waals surface area contributed by atoms with E-state index < -0.39 is 12.0 Å². The molecule has 1 heterocycles. The third kappa shape index (κ3) is 3.87. The molecule has 1 amide bonds. The van der Waals surface area contributed by atoms with Gasteiger partial charge in [0.1, 0.15) is 6.04 Å². The minimum Gasteiger partial charge on any atom is -0.480 e. The molecular weight excluding hydrogens is 282 g/mol. The van der Waals surface area contributed by atoms with E-state index in [0.29, 0.717) is 17.9 Å². The van der Waals surface area contributed by atoms with Crippen molar-refractivity contribution in [2.24, 2.45) is 0 Å². The summed E-state index contributed by atoms with van der Waals surface area (Å²) in [5.74, 6) is -0.891. The van der Waals surface area contributed by atoms with E-state index in [4.69, 9.17) is 0 Å². The maximum atomic E-state index is 12.5. The second kappa shape index (κ2) is 7.42. The first-order chi connectivity index (χ1) is 10.6. The van der Waals surface area contributed by atoms with E-state index in [1.165, 1.54) is 0 Å². The van der Waals surface area contributed by atoms with Crippen molar-refractivity contribution in [1.82, 2.24) is 15.1 Å². The van der Waals surface area contributed by atoms with Gasteiger partial charge in [-0.3, -0.25) is 9.48 Å².